The molecule has 0 fully saturated rings. The Morgan fingerprint density at radius 3 is 2.72 bits per heavy atom. The Balaban J connectivity index is 2.17. The summed E-state index contributed by atoms with van der Waals surface area (Å²) in [6, 6.07) is -0.305. The number of aromatic nitrogens is 3. The Hall–Kier alpha value is -1.80. The van der Waals surface area contributed by atoms with Crippen molar-refractivity contribution in [1.82, 2.24) is 25.0 Å². The molecule has 18 heavy (non-hydrogen) atoms. The molecule has 0 bridgehead atoms. The Morgan fingerprint density at radius 1 is 1.39 bits per heavy atom. The molecule has 0 unspecified atom stereocenters. The van der Waals surface area contributed by atoms with Crippen LogP contribution in [0.3, 0.4) is 0 Å². The number of rotatable bonds is 1. The van der Waals surface area contributed by atoms with Crippen LogP contribution in [-0.4, -0.2) is 38.8 Å². The molecular weight excluding hydrogens is 251 g/mol. The first-order valence-corrected chi connectivity index (χ1v) is 5.45. The molecule has 1 aliphatic heterocycles. The van der Waals surface area contributed by atoms with Crippen LogP contribution < -0.4 is 5.32 Å². The highest BCUT2D eigenvalue weighted by molar-refractivity contribution is 5.74. The van der Waals surface area contributed by atoms with Crippen molar-refractivity contribution in [3.05, 3.63) is 11.6 Å². The van der Waals surface area contributed by atoms with Crippen LogP contribution in [0.4, 0.5) is 18.0 Å². The lowest BCUT2D eigenvalue weighted by Gasteiger charge is -2.27. The van der Waals surface area contributed by atoms with E-state index in [0.717, 1.165) is 4.57 Å². The molecule has 2 rings (SSSR count). The highest BCUT2D eigenvalue weighted by Crippen LogP contribution is 2.29. The molecule has 1 aliphatic rings. The zero-order valence-electron chi connectivity index (χ0n) is 9.66. The van der Waals surface area contributed by atoms with Gasteiger partial charge in [-0.05, 0) is 6.92 Å². The van der Waals surface area contributed by atoms with Crippen LogP contribution in [0.15, 0.2) is 0 Å². The molecule has 0 spiro atoms. The van der Waals surface area contributed by atoms with Gasteiger partial charge in [-0.3, -0.25) is 0 Å². The summed E-state index contributed by atoms with van der Waals surface area (Å²) in [4.78, 5) is 13.0. The molecule has 1 N–H and O–H groups in total. The molecule has 0 saturated heterocycles. The van der Waals surface area contributed by atoms with E-state index in [4.69, 9.17) is 0 Å². The van der Waals surface area contributed by atoms with Gasteiger partial charge in [0.2, 0.25) is 5.82 Å². The number of carbonyl (C=O) groups is 1. The van der Waals surface area contributed by atoms with Gasteiger partial charge in [-0.15, -0.1) is 10.2 Å². The smallest absolute Gasteiger partial charge is 0.338 e. The molecule has 6 nitrogen and oxygen atoms in total. The molecular formula is C9H12F3N5O. The van der Waals surface area contributed by atoms with Crippen molar-refractivity contribution >= 4 is 6.03 Å². The number of urea groups is 1. The lowest BCUT2D eigenvalue weighted by Crippen LogP contribution is -2.44. The summed E-state index contributed by atoms with van der Waals surface area (Å²) in [7, 11) is 0. The number of hydrogen-bond acceptors (Lipinski definition) is 3. The maximum absolute atomic E-state index is 12.6. The van der Waals surface area contributed by atoms with Crippen molar-refractivity contribution in [1.29, 1.82) is 0 Å². The van der Waals surface area contributed by atoms with Gasteiger partial charge in [0.1, 0.15) is 0 Å². The maximum atomic E-state index is 12.6. The topological polar surface area (TPSA) is 63.1 Å². The highest BCUT2D eigenvalue weighted by atomic mass is 19.4. The Kier molecular flexibility index (Phi) is 3.14. The number of alkyl halides is 3. The van der Waals surface area contributed by atoms with E-state index in [1.165, 1.54) is 4.90 Å². The summed E-state index contributed by atoms with van der Waals surface area (Å²) >= 11 is 0. The van der Waals surface area contributed by atoms with Crippen LogP contribution in [0.2, 0.25) is 0 Å². The van der Waals surface area contributed by atoms with Crippen molar-refractivity contribution in [2.75, 3.05) is 13.1 Å². The second-order valence-corrected chi connectivity index (χ2v) is 3.85. The first-order chi connectivity index (χ1) is 8.43. The highest BCUT2D eigenvalue weighted by Gasteiger charge is 2.39. The number of hydrogen-bond donors (Lipinski definition) is 1. The predicted octanol–water partition coefficient (Wildman–Crippen LogP) is 0.842. The fourth-order valence-electron chi connectivity index (χ4n) is 1.80. The second kappa shape index (κ2) is 4.46. The number of nitrogens with zero attached hydrogens (tertiary/aromatic N) is 4. The molecule has 2 amide bonds. The summed E-state index contributed by atoms with van der Waals surface area (Å²) in [5, 5.41) is 9.22. The minimum atomic E-state index is -4.51. The van der Waals surface area contributed by atoms with E-state index in [1.54, 1.807) is 6.92 Å². The van der Waals surface area contributed by atoms with Crippen molar-refractivity contribution in [2.45, 2.75) is 26.2 Å². The molecule has 1 aromatic rings. The van der Waals surface area contributed by atoms with Gasteiger partial charge in [-0.1, -0.05) is 0 Å². The largest absolute Gasteiger partial charge is 0.451 e. The number of halogens is 3. The van der Waals surface area contributed by atoms with Crippen LogP contribution in [0, 0.1) is 0 Å². The number of amides is 2. The van der Waals surface area contributed by atoms with Crippen LogP contribution in [0.5, 0.6) is 0 Å². The van der Waals surface area contributed by atoms with Crippen molar-refractivity contribution in [3.63, 3.8) is 0 Å². The van der Waals surface area contributed by atoms with Crippen LogP contribution >= 0.6 is 0 Å². The van der Waals surface area contributed by atoms with Gasteiger partial charge < -0.3 is 14.8 Å². The minimum Gasteiger partial charge on any atom is -0.338 e. The van der Waals surface area contributed by atoms with Crippen LogP contribution in [-0.2, 0) is 19.3 Å². The first-order valence-electron chi connectivity index (χ1n) is 5.45. The lowest BCUT2D eigenvalue weighted by atomic mass is 10.3. The van der Waals surface area contributed by atoms with Gasteiger partial charge in [-0.25, -0.2) is 4.79 Å². The molecule has 0 saturated carbocycles. The van der Waals surface area contributed by atoms with Gasteiger partial charge in [0.05, 0.1) is 6.54 Å². The van der Waals surface area contributed by atoms with Gasteiger partial charge in [0.25, 0.3) is 0 Å². The fourth-order valence-corrected chi connectivity index (χ4v) is 1.80. The molecule has 100 valence electrons. The van der Waals surface area contributed by atoms with Crippen molar-refractivity contribution in [3.8, 4) is 0 Å². The molecule has 2 heterocycles. The average molecular weight is 263 g/mol. The van der Waals surface area contributed by atoms with E-state index in [-0.39, 0.29) is 31.5 Å². The Bertz CT molecular complexity index is 456. The molecule has 1 aromatic heterocycles. The van der Waals surface area contributed by atoms with E-state index in [2.05, 4.69) is 15.5 Å². The predicted molar refractivity (Wildman–Crippen MR) is 54.5 cm³/mol. The van der Waals surface area contributed by atoms with E-state index in [9.17, 15) is 18.0 Å². The minimum absolute atomic E-state index is 0.0366. The van der Waals surface area contributed by atoms with Crippen LogP contribution in [0.25, 0.3) is 0 Å². The standard InChI is InChI=1S/C9H12F3N5O/c1-2-13-8(18)16-3-4-17-6(5-16)14-15-7(17)9(10,11)12/h2-5H2,1H3,(H,13,18). The summed E-state index contributed by atoms with van der Waals surface area (Å²) < 4.78 is 38.7. The van der Waals surface area contributed by atoms with Crippen molar-refractivity contribution in [2.24, 2.45) is 0 Å². The zero-order valence-corrected chi connectivity index (χ0v) is 9.66. The summed E-state index contributed by atoms with van der Waals surface area (Å²) in [5.41, 5.74) is 0. The molecule has 0 aromatic carbocycles. The van der Waals surface area contributed by atoms with Crippen molar-refractivity contribution < 1.29 is 18.0 Å². The second-order valence-electron chi connectivity index (χ2n) is 3.85. The maximum Gasteiger partial charge on any atom is 0.451 e. The monoisotopic (exact) mass is 263 g/mol. The van der Waals surface area contributed by atoms with E-state index >= 15 is 0 Å². The summed E-state index contributed by atoms with van der Waals surface area (Å²) in [5.74, 6) is -0.854. The third kappa shape index (κ3) is 2.24. The number of nitrogens with one attached hydrogen (secondary N) is 1. The first kappa shape index (κ1) is 12.7. The van der Waals surface area contributed by atoms with Gasteiger partial charge in [-0.2, -0.15) is 13.2 Å². The Morgan fingerprint density at radius 2 is 2.11 bits per heavy atom. The summed E-state index contributed by atoms with van der Waals surface area (Å²) in [6.45, 7) is 2.53. The number of carbonyl (C=O) groups excluding carboxylic acids is 1. The lowest BCUT2D eigenvalue weighted by molar-refractivity contribution is -0.147. The molecule has 0 aliphatic carbocycles. The SMILES string of the molecule is CCNC(=O)N1CCn2c(nnc2C(F)(F)F)C1. The van der Waals surface area contributed by atoms with Gasteiger partial charge >= 0.3 is 12.2 Å². The fraction of sp³-hybridized carbons (Fsp3) is 0.667. The zero-order chi connectivity index (χ0) is 13.3. The summed E-state index contributed by atoms with van der Waals surface area (Å²) in [6.07, 6.45) is -4.51. The van der Waals surface area contributed by atoms with E-state index < -0.39 is 12.0 Å². The van der Waals surface area contributed by atoms with Gasteiger partial charge in [0.15, 0.2) is 5.82 Å². The van der Waals surface area contributed by atoms with E-state index in [1.807, 2.05) is 0 Å². The molecule has 9 heteroatoms. The third-order valence-electron chi connectivity index (χ3n) is 2.62. The molecule has 0 radical (unpaired) electrons. The Labute approximate surface area is 101 Å². The van der Waals surface area contributed by atoms with Gasteiger partial charge in [0, 0.05) is 19.6 Å². The average Bonchev–Trinajstić information content (AvgIpc) is 2.71. The quantitative estimate of drug-likeness (QED) is 0.816. The molecule has 0 atom stereocenters. The normalized spacial score (nSPS) is 15.4. The van der Waals surface area contributed by atoms with Crippen LogP contribution in [0.1, 0.15) is 18.6 Å². The number of fused-ring (bicyclic) bond motifs is 1. The van der Waals surface area contributed by atoms with E-state index in [0.29, 0.717) is 6.54 Å². The third-order valence-corrected chi connectivity index (χ3v) is 2.62.